The number of rotatable bonds is 2. The highest BCUT2D eigenvalue weighted by atomic mass is 19.4. The first-order chi connectivity index (χ1) is 11.3. The summed E-state index contributed by atoms with van der Waals surface area (Å²) in [5.41, 5.74) is 6.08. The lowest BCUT2D eigenvalue weighted by molar-refractivity contribution is -0.139. The molecule has 0 fully saturated rings. The topological polar surface area (TPSA) is 102 Å². The van der Waals surface area contributed by atoms with Crippen molar-refractivity contribution in [2.75, 3.05) is 11.5 Å². The van der Waals surface area contributed by atoms with Crippen LogP contribution in [0.15, 0.2) is 24.3 Å². The number of phenols is 2. The van der Waals surface area contributed by atoms with E-state index in [2.05, 4.69) is 0 Å². The second-order valence-corrected chi connectivity index (χ2v) is 4.91. The number of nitrogens with two attached hydrogens (primary N) is 2. The molecule has 0 spiro atoms. The number of phenolic OH excluding ortho intramolecular Hbond substituents is 2. The average Bonchev–Trinajstić information content (AvgIpc) is 2.43. The largest absolute Gasteiger partial charge is 0.505 e. The summed E-state index contributed by atoms with van der Waals surface area (Å²) in [6.07, 6.45) is -9.94. The molecule has 11 heteroatoms. The van der Waals surface area contributed by atoms with Gasteiger partial charge in [0.05, 0.1) is 11.4 Å². The summed E-state index contributed by atoms with van der Waals surface area (Å²) in [6.45, 7) is 0. The molecule has 25 heavy (non-hydrogen) atoms. The van der Waals surface area contributed by atoms with Gasteiger partial charge >= 0.3 is 12.4 Å². The Bertz CT molecular complexity index is 750. The van der Waals surface area contributed by atoms with E-state index in [1.54, 1.807) is 0 Å². The predicted octanol–water partition coefficient (Wildman–Crippen LogP) is 4.09. The third kappa shape index (κ3) is 3.75. The van der Waals surface area contributed by atoms with Gasteiger partial charge in [0.2, 0.25) is 0 Å². The van der Waals surface area contributed by atoms with Gasteiger partial charge in [-0.25, -0.2) is 0 Å². The SMILES string of the molecule is Nc1cc(Oc2cc(N)c(O)c(C(F)(F)F)c2)cc(C(F)(F)F)c1O. The van der Waals surface area contributed by atoms with E-state index in [1.807, 2.05) is 0 Å². The smallest absolute Gasteiger partial charge is 0.420 e. The fourth-order valence-electron chi connectivity index (χ4n) is 1.94. The van der Waals surface area contributed by atoms with Gasteiger partial charge in [-0.05, 0) is 12.1 Å². The Hall–Kier alpha value is -2.98. The van der Waals surface area contributed by atoms with Crippen molar-refractivity contribution in [3.63, 3.8) is 0 Å². The molecule has 0 aliphatic rings. The van der Waals surface area contributed by atoms with Crippen LogP contribution in [0, 0.1) is 0 Å². The fraction of sp³-hybridized carbons (Fsp3) is 0.143. The molecule has 0 atom stereocenters. The summed E-state index contributed by atoms with van der Waals surface area (Å²) in [5.74, 6) is -3.64. The molecule has 0 saturated carbocycles. The first-order valence-corrected chi connectivity index (χ1v) is 6.38. The number of hydrogen-bond donors (Lipinski definition) is 4. The molecular weight excluding hydrogens is 358 g/mol. The van der Waals surface area contributed by atoms with Crippen LogP contribution in [0.1, 0.15) is 11.1 Å². The Balaban J connectivity index is 2.51. The Kier molecular flexibility index (Phi) is 4.28. The van der Waals surface area contributed by atoms with E-state index >= 15 is 0 Å². The molecule has 0 aromatic heterocycles. The van der Waals surface area contributed by atoms with Gasteiger partial charge in [-0.3, -0.25) is 0 Å². The molecule has 136 valence electrons. The van der Waals surface area contributed by atoms with Crippen molar-refractivity contribution in [1.82, 2.24) is 0 Å². The number of benzene rings is 2. The standard InChI is InChI=1S/C14H10F6N2O3/c15-13(16,17)7-1-5(3-9(21)11(7)23)25-6-2-8(14(18,19)20)12(24)10(22)4-6/h1-4,23-24H,21-22H2. The molecule has 0 unspecified atom stereocenters. The van der Waals surface area contributed by atoms with Gasteiger partial charge < -0.3 is 26.4 Å². The van der Waals surface area contributed by atoms with E-state index in [-0.39, 0.29) is 0 Å². The van der Waals surface area contributed by atoms with Crippen molar-refractivity contribution in [3.05, 3.63) is 35.4 Å². The van der Waals surface area contributed by atoms with Crippen LogP contribution < -0.4 is 16.2 Å². The van der Waals surface area contributed by atoms with Gasteiger partial charge in [0.1, 0.15) is 22.6 Å². The zero-order valence-electron chi connectivity index (χ0n) is 12.0. The molecule has 5 nitrogen and oxygen atoms in total. The summed E-state index contributed by atoms with van der Waals surface area (Å²) in [6, 6.07) is 2.31. The van der Waals surface area contributed by atoms with Crippen molar-refractivity contribution in [2.24, 2.45) is 0 Å². The van der Waals surface area contributed by atoms with Gasteiger partial charge in [-0.1, -0.05) is 0 Å². The summed E-state index contributed by atoms with van der Waals surface area (Å²) in [4.78, 5) is 0. The maximum Gasteiger partial charge on any atom is 0.420 e. The van der Waals surface area contributed by atoms with Crippen LogP contribution in [0.2, 0.25) is 0 Å². The summed E-state index contributed by atoms with van der Waals surface area (Å²) in [7, 11) is 0. The van der Waals surface area contributed by atoms with E-state index in [4.69, 9.17) is 16.2 Å². The fourth-order valence-corrected chi connectivity index (χ4v) is 1.94. The maximum atomic E-state index is 12.8. The van der Waals surface area contributed by atoms with Gasteiger partial charge in [-0.2, -0.15) is 26.3 Å². The molecule has 0 radical (unpaired) electrons. The molecule has 0 heterocycles. The molecule has 0 aliphatic heterocycles. The summed E-state index contributed by atoms with van der Waals surface area (Å²) < 4.78 is 81.8. The van der Waals surface area contributed by atoms with Crippen molar-refractivity contribution < 1.29 is 41.3 Å². The number of anilines is 2. The van der Waals surface area contributed by atoms with Crippen molar-refractivity contribution in [3.8, 4) is 23.0 Å². The van der Waals surface area contributed by atoms with Crippen LogP contribution in [-0.4, -0.2) is 10.2 Å². The monoisotopic (exact) mass is 368 g/mol. The van der Waals surface area contributed by atoms with Crippen LogP contribution in [-0.2, 0) is 12.4 Å². The lowest BCUT2D eigenvalue weighted by atomic mass is 10.1. The molecule has 0 saturated heterocycles. The lowest BCUT2D eigenvalue weighted by Gasteiger charge is -2.16. The Morgan fingerprint density at radius 1 is 0.680 bits per heavy atom. The number of aromatic hydroxyl groups is 2. The maximum absolute atomic E-state index is 12.8. The second kappa shape index (κ2) is 5.83. The normalized spacial score (nSPS) is 12.2. The van der Waals surface area contributed by atoms with Crippen molar-refractivity contribution in [1.29, 1.82) is 0 Å². The molecule has 0 amide bonds. The minimum atomic E-state index is -4.97. The Morgan fingerprint density at radius 2 is 1.00 bits per heavy atom. The van der Waals surface area contributed by atoms with Crippen molar-refractivity contribution in [2.45, 2.75) is 12.4 Å². The van der Waals surface area contributed by atoms with Crippen LogP contribution in [0.5, 0.6) is 23.0 Å². The van der Waals surface area contributed by atoms with Crippen LogP contribution in [0.3, 0.4) is 0 Å². The highest BCUT2D eigenvalue weighted by Gasteiger charge is 2.37. The quantitative estimate of drug-likeness (QED) is 0.363. The van der Waals surface area contributed by atoms with E-state index < -0.39 is 57.9 Å². The van der Waals surface area contributed by atoms with Gasteiger partial charge in [0.25, 0.3) is 0 Å². The van der Waals surface area contributed by atoms with Gasteiger partial charge in [0, 0.05) is 12.1 Å². The minimum Gasteiger partial charge on any atom is -0.505 e. The summed E-state index contributed by atoms with van der Waals surface area (Å²) >= 11 is 0. The van der Waals surface area contributed by atoms with Crippen LogP contribution in [0.25, 0.3) is 0 Å². The third-order valence-corrected chi connectivity index (χ3v) is 3.07. The number of hydrogen-bond acceptors (Lipinski definition) is 5. The minimum absolute atomic E-state index is 0.363. The van der Waals surface area contributed by atoms with Crippen molar-refractivity contribution >= 4 is 11.4 Å². The molecular formula is C14H10F6N2O3. The lowest BCUT2D eigenvalue weighted by Crippen LogP contribution is -2.08. The predicted molar refractivity (Wildman–Crippen MR) is 75.1 cm³/mol. The summed E-state index contributed by atoms with van der Waals surface area (Å²) in [5, 5.41) is 18.7. The third-order valence-electron chi connectivity index (χ3n) is 3.07. The molecule has 0 bridgehead atoms. The molecule has 0 aliphatic carbocycles. The number of halogens is 6. The van der Waals surface area contributed by atoms with E-state index in [1.165, 1.54) is 0 Å². The second-order valence-electron chi connectivity index (χ2n) is 4.91. The number of ether oxygens (including phenoxy) is 1. The molecule has 2 aromatic rings. The highest BCUT2D eigenvalue weighted by molar-refractivity contribution is 5.63. The first-order valence-electron chi connectivity index (χ1n) is 6.38. The van der Waals surface area contributed by atoms with Crippen LogP contribution >= 0.6 is 0 Å². The highest BCUT2D eigenvalue weighted by Crippen LogP contribution is 2.44. The van der Waals surface area contributed by atoms with E-state index in [0.29, 0.717) is 12.1 Å². The Labute approximate surface area is 136 Å². The van der Waals surface area contributed by atoms with Gasteiger partial charge in [0.15, 0.2) is 11.5 Å². The van der Waals surface area contributed by atoms with Gasteiger partial charge in [-0.15, -0.1) is 0 Å². The van der Waals surface area contributed by atoms with E-state index in [0.717, 1.165) is 12.1 Å². The zero-order valence-corrected chi connectivity index (χ0v) is 12.0. The number of alkyl halides is 6. The molecule has 6 N–H and O–H groups in total. The van der Waals surface area contributed by atoms with Crippen LogP contribution in [0.4, 0.5) is 37.7 Å². The average molecular weight is 368 g/mol. The Morgan fingerprint density at radius 3 is 1.28 bits per heavy atom. The number of nitrogen functional groups attached to an aromatic ring is 2. The first kappa shape index (κ1) is 18.4. The molecule has 2 aromatic carbocycles. The van der Waals surface area contributed by atoms with E-state index in [9.17, 15) is 36.6 Å². The molecule has 2 rings (SSSR count). The zero-order chi connectivity index (χ0) is 19.2.